The van der Waals surface area contributed by atoms with Crippen LogP contribution in [-0.2, 0) is 6.42 Å². The molecule has 1 aromatic rings. The molecule has 0 amide bonds. The summed E-state index contributed by atoms with van der Waals surface area (Å²) < 4.78 is 0. The van der Waals surface area contributed by atoms with Crippen LogP contribution >= 0.6 is 24.0 Å². The number of nitrogens with one attached hydrogen (secondary N) is 1. The largest absolute Gasteiger partial charge is 0.357 e. The molecule has 0 aliphatic carbocycles. The number of aromatic nitrogens is 1. The molecule has 6 heteroatoms. The molecule has 1 N–H and O–H groups in total. The Bertz CT molecular complexity index is 513. The number of halogens is 1. The van der Waals surface area contributed by atoms with Crippen LogP contribution in [0.4, 0.5) is 0 Å². The standard InChI is InChI=1S/C19H33N5.HI/c1-5-20-19(21-12-10-17-9-8-16(4)22-14-17)24-13-11-18(15-24)23(6-2)7-3;/h8-9,14,18H,5-7,10-13,15H2,1-4H3,(H,20,21);1H. The highest BCUT2D eigenvalue weighted by atomic mass is 127. The quantitative estimate of drug-likeness (QED) is 0.387. The van der Waals surface area contributed by atoms with Gasteiger partial charge in [0.05, 0.1) is 0 Å². The molecule has 142 valence electrons. The van der Waals surface area contributed by atoms with Gasteiger partial charge in [0.25, 0.3) is 0 Å². The van der Waals surface area contributed by atoms with Gasteiger partial charge in [0.2, 0.25) is 0 Å². The zero-order chi connectivity index (χ0) is 17.4. The van der Waals surface area contributed by atoms with Gasteiger partial charge in [-0.3, -0.25) is 14.9 Å². The first-order chi connectivity index (χ1) is 11.7. The average molecular weight is 459 g/mol. The summed E-state index contributed by atoms with van der Waals surface area (Å²) in [5.74, 6) is 1.06. The molecule has 0 saturated carbocycles. The van der Waals surface area contributed by atoms with Crippen molar-refractivity contribution < 1.29 is 0 Å². The predicted octanol–water partition coefficient (Wildman–Crippen LogP) is 2.93. The predicted molar refractivity (Wildman–Crippen MR) is 117 cm³/mol. The first-order valence-electron chi connectivity index (χ1n) is 9.36. The lowest BCUT2D eigenvalue weighted by Crippen LogP contribution is -2.43. The number of rotatable bonds is 7. The second-order valence-electron chi connectivity index (χ2n) is 6.40. The Balaban J connectivity index is 0.00000312. The van der Waals surface area contributed by atoms with Crippen molar-refractivity contribution >= 4 is 29.9 Å². The zero-order valence-electron chi connectivity index (χ0n) is 16.2. The van der Waals surface area contributed by atoms with E-state index in [9.17, 15) is 0 Å². The molecule has 5 nitrogen and oxygen atoms in total. The fourth-order valence-electron chi connectivity index (χ4n) is 3.34. The first-order valence-corrected chi connectivity index (χ1v) is 9.36. The number of nitrogens with zero attached hydrogens (tertiary/aromatic N) is 4. The van der Waals surface area contributed by atoms with E-state index in [1.807, 2.05) is 13.1 Å². The van der Waals surface area contributed by atoms with Crippen molar-refractivity contribution in [3.63, 3.8) is 0 Å². The van der Waals surface area contributed by atoms with Crippen LogP contribution in [0.5, 0.6) is 0 Å². The molecule has 0 aromatic carbocycles. The Hall–Kier alpha value is -0.890. The number of pyridine rings is 1. The van der Waals surface area contributed by atoms with Crippen LogP contribution in [0.1, 0.15) is 38.4 Å². The van der Waals surface area contributed by atoms with Gasteiger partial charge in [-0.05, 0) is 51.4 Å². The SMILES string of the molecule is CCNC(=NCCc1ccc(C)nc1)N1CCC(N(CC)CC)C1.I. The molecule has 1 aliphatic rings. The third-order valence-electron chi connectivity index (χ3n) is 4.76. The van der Waals surface area contributed by atoms with Crippen molar-refractivity contribution in [2.45, 2.75) is 46.6 Å². The van der Waals surface area contributed by atoms with Gasteiger partial charge in [-0.25, -0.2) is 0 Å². The second-order valence-corrected chi connectivity index (χ2v) is 6.40. The minimum Gasteiger partial charge on any atom is -0.357 e. The van der Waals surface area contributed by atoms with Crippen LogP contribution in [0.25, 0.3) is 0 Å². The molecule has 0 spiro atoms. The molecule has 1 atom stereocenters. The highest BCUT2D eigenvalue weighted by Crippen LogP contribution is 2.15. The molecule has 0 bridgehead atoms. The van der Waals surface area contributed by atoms with Crippen LogP contribution in [-0.4, -0.2) is 66.1 Å². The van der Waals surface area contributed by atoms with E-state index in [0.717, 1.165) is 57.3 Å². The van der Waals surface area contributed by atoms with Gasteiger partial charge in [-0.1, -0.05) is 19.9 Å². The summed E-state index contributed by atoms with van der Waals surface area (Å²) in [5, 5.41) is 3.46. The van der Waals surface area contributed by atoms with E-state index in [2.05, 4.69) is 53.0 Å². The van der Waals surface area contributed by atoms with Gasteiger partial charge < -0.3 is 10.2 Å². The summed E-state index contributed by atoms with van der Waals surface area (Å²) in [6, 6.07) is 4.88. The Kier molecular flexibility index (Phi) is 10.3. The van der Waals surface area contributed by atoms with Gasteiger partial charge in [0, 0.05) is 44.1 Å². The van der Waals surface area contributed by atoms with Crippen LogP contribution in [0, 0.1) is 6.92 Å². The summed E-state index contributed by atoms with van der Waals surface area (Å²) in [6.07, 6.45) is 4.13. The van der Waals surface area contributed by atoms with Gasteiger partial charge in [0.15, 0.2) is 5.96 Å². The van der Waals surface area contributed by atoms with Crippen molar-refractivity contribution in [3.05, 3.63) is 29.6 Å². The molecule has 0 radical (unpaired) electrons. The van der Waals surface area contributed by atoms with Crippen molar-refractivity contribution in [2.75, 3.05) is 39.3 Å². The van der Waals surface area contributed by atoms with Crippen LogP contribution in [0.2, 0.25) is 0 Å². The average Bonchev–Trinajstić information content (AvgIpc) is 3.07. The van der Waals surface area contributed by atoms with Crippen molar-refractivity contribution in [2.24, 2.45) is 4.99 Å². The second kappa shape index (κ2) is 11.7. The topological polar surface area (TPSA) is 43.8 Å². The summed E-state index contributed by atoms with van der Waals surface area (Å²) in [4.78, 5) is 14.2. The zero-order valence-corrected chi connectivity index (χ0v) is 18.5. The van der Waals surface area contributed by atoms with Gasteiger partial charge >= 0.3 is 0 Å². The van der Waals surface area contributed by atoms with Crippen molar-refractivity contribution in [1.29, 1.82) is 0 Å². The Morgan fingerprint density at radius 3 is 2.68 bits per heavy atom. The molecular weight excluding hydrogens is 425 g/mol. The molecule has 2 heterocycles. The molecule has 1 unspecified atom stereocenters. The minimum atomic E-state index is 0. The van der Waals surface area contributed by atoms with Crippen molar-refractivity contribution in [1.82, 2.24) is 20.1 Å². The number of guanidine groups is 1. The molecular formula is C19H34IN5. The monoisotopic (exact) mass is 459 g/mol. The van der Waals surface area contributed by atoms with Gasteiger partial charge in [-0.15, -0.1) is 24.0 Å². The third-order valence-corrected chi connectivity index (χ3v) is 4.76. The van der Waals surface area contributed by atoms with E-state index in [4.69, 9.17) is 4.99 Å². The smallest absolute Gasteiger partial charge is 0.193 e. The minimum absolute atomic E-state index is 0. The number of aliphatic imine (C=N–C) groups is 1. The normalized spacial score (nSPS) is 17.7. The molecule has 1 saturated heterocycles. The maximum atomic E-state index is 4.84. The number of hydrogen-bond donors (Lipinski definition) is 1. The van der Waals surface area contributed by atoms with E-state index in [0.29, 0.717) is 6.04 Å². The number of likely N-dealkylation sites (tertiary alicyclic amines) is 1. The van der Waals surface area contributed by atoms with E-state index in [1.165, 1.54) is 12.0 Å². The summed E-state index contributed by atoms with van der Waals surface area (Å²) >= 11 is 0. The fraction of sp³-hybridized carbons (Fsp3) is 0.684. The Morgan fingerprint density at radius 1 is 1.32 bits per heavy atom. The molecule has 25 heavy (non-hydrogen) atoms. The first kappa shape index (κ1) is 22.2. The molecule has 1 fully saturated rings. The number of hydrogen-bond acceptors (Lipinski definition) is 3. The maximum Gasteiger partial charge on any atom is 0.193 e. The fourth-order valence-corrected chi connectivity index (χ4v) is 3.34. The van der Waals surface area contributed by atoms with Gasteiger partial charge in [0.1, 0.15) is 0 Å². The summed E-state index contributed by atoms with van der Waals surface area (Å²) in [5.41, 5.74) is 2.32. The highest BCUT2D eigenvalue weighted by molar-refractivity contribution is 14.0. The lowest BCUT2D eigenvalue weighted by molar-refractivity contribution is 0.223. The van der Waals surface area contributed by atoms with Crippen LogP contribution in [0.3, 0.4) is 0 Å². The van der Waals surface area contributed by atoms with E-state index < -0.39 is 0 Å². The lowest BCUT2D eigenvalue weighted by Gasteiger charge is -2.27. The molecule has 2 rings (SSSR count). The summed E-state index contributed by atoms with van der Waals surface area (Å²) in [7, 11) is 0. The van der Waals surface area contributed by atoms with Crippen LogP contribution < -0.4 is 5.32 Å². The summed E-state index contributed by atoms with van der Waals surface area (Å²) in [6.45, 7) is 14.8. The Morgan fingerprint density at radius 2 is 2.08 bits per heavy atom. The number of likely N-dealkylation sites (N-methyl/N-ethyl adjacent to an activating group) is 1. The molecule has 1 aliphatic heterocycles. The van der Waals surface area contributed by atoms with E-state index in [-0.39, 0.29) is 24.0 Å². The molecule has 1 aromatic heterocycles. The number of aryl methyl sites for hydroxylation is 1. The van der Waals surface area contributed by atoms with Crippen LogP contribution in [0.15, 0.2) is 23.3 Å². The van der Waals surface area contributed by atoms with E-state index in [1.54, 1.807) is 0 Å². The highest BCUT2D eigenvalue weighted by Gasteiger charge is 2.27. The van der Waals surface area contributed by atoms with E-state index >= 15 is 0 Å². The third kappa shape index (κ3) is 6.73. The Labute approximate surface area is 170 Å². The van der Waals surface area contributed by atoms with Gasteiger partial charge in [-0.2, -0.15) is 0 Å². The maximum absolute atomic E-state index is 4.84. The van der Waals surface area contributed by atoms with Crippen molar-refractivity contribution in [3.8, 4) is 0 Å². The lowest BCUT2D eigenvalue weighted by atomic mass is 10.2.